The van der Waals surface area contributed by atoms with Gasteiger partial charge >= 0.3 is 6.03 Å². The number of urea groups is 1. The van der Waals surface area contributed by atoms with E-state index in [1.54, 1.807) is 6.08 Å². The summed E-state index contributed by atoms with van der Waals surface area (Å²) in [5.74, 6) is -0.402. The molecule has 1 rings (SSSR count). The Morgan fingerprint density at radius 1 is 1.12 bits per heavy atom. The third-order valence-corrected chi connectivity index (χ3v) is 1.87. The summed E-state index contributed by atoms with van der Waals surface area (Å²) in [5.41, 5.74) is 1.10. The second kappa shape index (κ2) is 5.70. The lowest BCUT2D eigenvalue weighted by Crippen LogP contribution is -2.22. The lowest BCUT2D eigenvalue weighted by molar-refractivity contribution is -0.115. The molecule has 0 aromatic carbocycles. The van der Waals surface area contributed by atoms with Crippen LogP contribution in [0.3, 0.4) is 0 Å². The molecular weight excluding hydrogens is 204 g/mol. The lowest BCUT2D eigenvalue weighted by atomic mass is 10.2. The van der Waals surface area contributed by atoms with Crippen LogP contribution in [0.4, 0.5) is 4.79 Å². The van der Waals surface area contributed by atoms with Gasteiger partial charge in [0.25, 0.3) is 5.91 Å². The Morgan fingerprint density at radius 3 is 2.38 bits per heavy atom. The highest BCUT2D eigenvalue weighted by atomic mass is 16.2. The Kier molecular flexibility index (Phi) is 4.27. The zero-order valence-electron chi connectivity index (χ0n) is 9.28. The number of amides is 3. The summed E-state index contributed by atoms with van der Waals surface area (Å²) in [4.78, 5) is 22.1. The van der Waals surface area contributed by atoms with Crippen molar-refractivity contribution in [2.24, 2.45) is 0 Å². The highest BCUT2D eigenvalue weighted by molar-refractivity contribution is 6.11. The SMILES string of the molecule is C\C=C/C=C(\C=C/C)/C=C1/NC(=O)NC1=O. The molecule has 0 aromatic rings. The Labute approximate surface area is 94.4 Å². The van der Waals surface area contributed by atoms with Gasteiger partial charge in [-0.1, -0.05) is 30.4 Å². The van der Waals surface area contributed by atoms with Gasteiger partial charge in [-0.05, 0) is 25.5 Å². The molecule has 84 valence electrons. The molecule has 2 N–H and O–H groups in total. The van der Waals surface area contributed by atoms with E-state index in [1.165, 1.54) is 0 Å². The van der Waals surface area contributed by atoms with Crippen molar-refractivity contribution in [3.63, 3.8) is 0 Å². The average molecular weight is 218 g/mol. The van der Waals surface area contributed by atoms with Gasteiger partial charge in [0.2, 0.25) is 0 Å². The van der Waals surface area contributed by atoms with Gasteiger partial charge in [-0.2, -0.15) is 0 Å². The van der Waals surface area contributed by atoms with Crippen molar-refractivity contribution < 1.29 is 9.59 Å². The van der Waals surface area contributed by atoms with Crippen LogP contribution in [-0.4, -0.2) is 11.9 Å². The molecule has 0 aromatic heterocycles. The van der Waals surface area contributed by atoms with Gasteiger partial charge in [-0.15, -0.1) is 0 Å². The third-order valence-electron chi connectivity index (χ3n) is 1.87. The van der Waals surface area contributed by atoms with E-state index in [1.807, 2.05) is 44.2 Å². The molecule has 0 radical (unpaired) electrons. The van der Waals surface area contributed by atoms with Crippen molar-refractivity contribution in [3.8, 4) is 0 Å². The van der Waals surface area contributed by atoms with Crippen molar-refractivity contribution in [1.82, 2.24) is 10.6 Å². The van der Waals surface area contributed by atoms with Crippen LogP contribution in [0.15, 0.2) is 47.7 Å². The normalized spacial score (nSPS) is 19.9. The molecule has 0 unspecified atom stereocenters. The number of hydrogen-bond acceptors (Lipinski definition) is 2. The summed E-state index contributed by atoms with van der Waals surface area (Å²) < 4.78 is 0. The van der Waals surface area contributed by atoms with Crippen LogP contribution in [0.1, 0.15) is 13.8 Å². The Morgan fingerprint density at radius 2 is 1.88 bits per heavy atom. The summed E-state index contributed by atoms with van der Waals surface area (Å²) in [7, 11) is 0. The summed E-state index contributed by atoms with van der Waals surface area (Å²) in [6, 6.07) is -0.484. The smallest absolute Gasteiger partial charge is 0.303 e. The zero-order chi connectivity index (χ0) is 12.0. The maximum Gasteiger partial charge on any atom is 0.326 e. The van der Waals surface area contributed by atoms with Gasteiger partial charge in [0.1, 0.15) is 5.70 Å². The maximum atomic E-state index is 11.3. The van der Waals surface area contributed by atoms with E-state index in [-0.39, 0.29) is 5.70 Å². The van der Waals surface area contributed by atoms with E-state index in [0.29, 0.717) is 0 Å². The van der Waals surface area contributed by atoms with E-state index < -0.39 is 11.9 Å². The van der Waals surface area contributed by atoms with E-state index in [2.05, 4.69) is 10.6 Å². The molecule has 1 saturated heterocycles. The summed E-state index contributed by atoms with van der Waals surface area (Å²) in [6.07, 6.45) is 10.9. The summed E-state index contributed by atoms with van der Waals surface area (Å²) in [5, 5.41) is 4.58. The van der Waals surface area contributed by atoms with Crippen molar-refractivity contribution in [3.05, 3.63) is 47.7 Å². The van der Waals surface area contributed by atoms with Gasteiger partial charge in [-0.3, -0.25) is 10.1 Å². The van der Waals surface area contributed by atoms with E-state index in [9.17, 15) is 9.59 Å². The largest absolute Gasteiger partial charge is 0.326 e. The van der Waals surface area contributed by atoms with Crippen LogP contribution in [0.25, 0.3) is 0 Å². The van der Waals surface area contributed by atoms with Crippen LogP contribution >= 0.6 is 0 Å². The van der Waals surface area contributed by atoms with Crippen molar-refractivity contribution >= 4 is 11.9 Å². The molecule has 0 saturated carbocycles. The molecule has 1 heterocycles. The number of carbonyl (C=O) groups is 2. The van der Waals surface area contributed by atoms with Crippen LogP contribution in [0.5, 0.6) is 0 Å². The molecule has 3 amide bonds. The fourth-order valence-electron chi connectivity index (χ4n) is 1.20. The Hall–Kier alpha value is -2.10. The van der Waals surface area contributed by atoms with Gasteiger partial charge in [0, 0.05) is 0 Å². The second-order valence-corrected chi connectivity index (χ2v) is 3.16. The fourth-order valence-corrected chi connectivity index (χ4v) is 1.20. The molecule has 16 heavy (non-hydrogen) atoms. The van der Waals surface area contributed by atoms with E-state index >= 15 is 0 Å². The number of rotatable bonds is 3. The standard InChI is InChI=1S/C12H14N2O2/c1-3-5-7-9(6-4-2)8-10-11(15)14-12(16)13-10/h3-8H,1-2H3,(H2,13,14,15,16)/b5-3-,6-4-,9-7+,10-8+. The molecule has 0 spiro atoms. The molecule has 4 heteroatoms. The van der Waals surface area contributed by atoms with Gasteiger partial charge in [0.05, 0.1) is 0 Å². The van der Waals surface area contributed by atoms with Crippen LogP contribution in [0, 0.1) is 0 Å². The lowest BCUT2D eigenvalue weighted by Gasteiger charge is -1.95. The van der Waals surface area contributed by atoms with Crippen molar-refractivity contribution in [1.29, 1.82) is 0 Å². The quantitative estimate of drug-likeness (QED) is 0.431. The van der Waals surface area contributed by atoms with Crippen LogP contribution in [-0.2, 0) is 4.79 Å². The predicted molar refractivity (Wildman–Crippen MR) is 62.5 cm³/mol. The van der Waals surface area contributed by atoms with Crippen molar-refractivity contribution in [2.75, 3.05) is 0 Å². The minimum absolute atomic E-state index is 0.263. The first kappa shape index (κ1) is 12.0. The van der Waals surface area contributed by atoms with E-state index in [4.69, 9.17) is 0 Å². The molecule has 1 aliphatic rings. The van der Waals surface area contributed by atoms with Gasteiger partial charge in [-0.25, -0.2) is 4.79 Å². The first-order chi connectivity index (χ1) is 7.67. The summed E-state index contributed by atoms with van der Waals surface area (Å²) >= 11 is 0. The highest BCUT2D eigenvalue weighted by Gasteiger charge is 2.22. The number of carbonyl (C=O) groups excluding carboxylic acids is 2. The van der Waals surface area contributed by atoms with Gasteiger partial charge < -0.3 is 5.32 Å². The molecule has 0 bridgehead atoms. The zero-order valence-corrected chi connectivity index (χ0v) is 9.28. The minimum atomic E-state index is -0.484. The maximum absolute atomic E-state index is 11.3. The van der Waals surface area contributed by atoms with Crippen molar-refractivity contribution in [2.45, 2.75) is 13.8 Å². The molecule has 0 aliphatic carbocycles. The van der Waals surface area contributed by atoms with Crippen LogP contribution < -0.4 is 10.6 Å². The first-order valence-corrected chi connectivity index (χ1v) is 4.97. The molecule has 1 fully saturated rings. The molecule has 4 nitrogen and oxygen atoms in total. The topological polar surface area (TPSA) is 58.2 Å². The molecular formula is C12H14N2O2. The Balaban J connectivity index is 2.94. The Bertz CT molecular complexity index is 415. The number of allylic oxidation sites excluding steroid dienone is 7. The summed E-state index contributed by atoms with van der Waals surface area (Å²) in [6.45, 7) is 3.79. The number of hydrogen-bond donors (Lipinski definition) is 2. The highest BCUT2D eigenvalue weighted by Crippen LogP contribution is 2.06. The fraction of sp³-hybridized carbons (Fsp3) is 0.167. The molecule has 1 aliphatic heterocycles. The van der Waals surface area contributed by atoms with Crippen LogP contribution in [0.2, 0.25) is 0 Å². The predicted octanol–water partition coefficient (Wildman–Crippen LogP) is 1.79. The monoisotopic (exact) mass is 218 g/mol. The van der Waals surface area contributed by atoms with E-state index in [0.717, 1.165) is 5.57 Å². The molecule has 0 atom stereocenters. The first-order valence-electron chi connectivity index (χ1n) is 4.97. The minimum Gasteiger partial charge on any atom is -0.303 e. The second-order valence-electron chi connectivity index (χ2n) is 3.16. The number of nitrogens with one attached hydrogen (secondary N) is 2. The van der Waals surface area contributed by atoms with Gasteiger partial charge in [0.15, 0.2) is 0 Å². The average Bonchev–Trinajstić information content (AvgIpc) is 2.54. The third kappa shape index (κ3) is 3.24. The number of imide groups is 1.